The Morgan fingerprint density at radius 3 is 2.27 bits per heavy atom. The molecule has 0 atom stereocenters. The number of amides is 2. The van der Waals surface area contributed by atoms with Gasteiger partial charge in [-0.3, -0.25) is 8.98 Å². The van der Waals surface area contributed by atoms with Gasteiger partial charge >= 0.3 is 6.09 Å². The molecule has 3 aromatic rings. The zero-order valence-corrected chi connectivity index (χ0v) is 26.1. The second kappa shape index (κ2) is 14.2. The van der Waals surface area contributed by atoms with Gasteiger partial charge in [-0.15, -0.1) is 0 Å². The van der Waals surface area contributed by atoms with Gasteiger partial charge < -0.3 is 20.1 Å². The zero-order valence-electron chi connectivity index (χ0n) is 25.3. The average molecular weight is 628 g/mol. The van der Waals surface area contributed by atoms with E-state index in [1.807, 2.05) is 42.5 Å². The van der Waals surface area contributed by atoms with Crippen molar-refractivity contribution in [3.63, 3.8) is 0 Å². The summed E-state index contributed by atoms with van der Waals surface area (Å²) in [7, 11) is -3.60. The lowest BCUT2D eigenvalue weighted by Gasteiger charge is -2.30. The Morgan fingerprint density at radius 1 is 0.977 bits per heavy atom. The number of carbonyl (C=O) groups excluding carboxylic acids is 2. The van der Waals surface area contributed by atoms with Crippen LogP contribution < -0.4 is 15.4 Å². The number of hydrogen-bond acceptors (Lipinski definition) is 8. The van der Waals surface area contributed by atoms with Crippen LogP contribution in [0.5, 0.6) is 11.6 Å². The van der Waals surface area contributed by atoms with Crippen molar-refractivity contribution in [1.82, 2.24) is 15.6 Å². The molecule has 2 aromatic carbocycles. The van der Waals surface area contributed by atoms with Gasteiger partial charge in [0.2, 0.25) is 5.88 Å². The summed E-state index contributed by atoms with van der Waals surface area (Å²) in [6.07, 6.45) is 4.29. The van der Waals surface area contributed by atoms with Gasteiger partial charge in [-0.05, 0) is 76.1 Å². The molecule has 0 spiro atoms. The van der Waals surface area contributed by atoms with E-state index in [1.54, 1.807) is 26.8 Å². The number of rotatable bonds is 10. The third-order valence-electron chi connectivity index (χ3n) is 6.87. The number of nitrogens with zero attached hydrogens (tertiary/aromatic N) is 1. The van der Waals surface area contributed by atoms with Crippen LogP contribution in [0.25, 0.3) is 11.1 Å². The molecule has 2 N–H and O–H groups in total. The van der Waals surface area contributed by atoms with E-state index in [2.05, 4.69) is 15.6 Å². The van der Waals surface area contributed by atoms with E-state index in [0.717, 1.165) is 29.6 Å². The number of halogens is 1. The van der Waals surface area contributed by atoms with Crippen LogP contribution in [0.15, 0.2) is 60.8 Å². The van der Waals surface area contributed by atoms with E-state index in [9.17, 15) is 22.4 Å². The maximum absolute atomic E-state index is 14.3. The summed E-state index contributed by atoms with van der Waals surface area (Å²) in [5, 5.41) is 5.83. The lowest BCUT2D eigenvalue weighted by atomic mass is 9.91. The Morgan fingerprint density at radius 2 is 1.64 bits per heavy atom. The van der Waals surface area contributed by atoms with Crippen molar-refractivity contribution in [2.24, 2.45) is 0 Å². The molecular weight excluding hydrogens is 589 g/mol. The zero-order chi connectivity index (χ0) is 31.9. The van der Waals surface area contributed by atoms with Crippen LogP contribution in [-0.4, -0.2) is 55.9 Å². The van der Waals surface area contributed by atoms with Crippen molar-refractivity contribution in [3.8, 4) is 22.8 Å². The molecule has 0 saturated heterocycles. The van der Waals surface area contributed by atoms with Gasteiger partial charge in [-0.25, -0.2) is 14.2 Å². The Kier molecular flexibility index (Phi) is 10.6. The second-order valence-corrected chi connectivity index (χ2v) is 13.4. The number of pyridine rings is 1. The SMILES string of the molecule is CC(C)(C)OC(=O)NC1CCC(NC(=O)c2cc(F)cnc2Oc2cc(CCOS(C)(=O)=O)ccc2-c2ccccc2)CC1. The van der Waals surface area contributed by atoms with Crippen molar-refractivity contribution >= 4 is 22.1 Å². The molecule has 1 aliphatic carbocycles. The van der Waals surface area contributed by atoms with E-state index in [4.69, 9.17) is 13.7 Å². The quantitative estimate of drug-likeness (QED) is 0.271. The molecule has 1 aliphatic rings. The van der Waals surface area contributed by atoms with E-state index < -0.39 is 33.5 Å². The van der Waals surface area contributed by atoms with E-state index in [0.29, 0.717) is 37.0 Å². The summed E-state index contributed by atoms with van der Waals surface area (Å²) < 4.78 is 53.6. The van der Waals surface area contributed by atoms with Crippen molar-refractivity contribution in [3.05, 3.63) is 77.7 Å². The van der Waals surface area contributed by atoms with Crippen molar-refractivity contribution in [1.29, 1.82) is 0 Å². The highest BCUT2D eigenvalue weighted by Crippen LogP contribution is 2.35. The lowest BCUT2D eigenvalue weighted by Crippen LogP contribution is -2.45. The minimum absolute atomic E-state index is 0.0546. The highest BCUT2D eigenvalue weighted by Gasteiger charge is 2.27. The van der Waals surface area contributed by atoms with Crippen LogP contribution >= 0.6 is 0 Å². The predicted molar refractivity (Wildman–Crippen MR) is 164 cm³/mol. The van der Waals surface area contributed by atoms with Gasteiger partial charge in [0.15, 0.2) is 0 Å². The monoisotopic (exact) mass is 627 g/mol. The van der Waals surface area contributed by atoms with Gasteiger partial charge in [-0.2, -0.15) is 8.42 Å². The van der Waals surface area contributed by atoms with E-state index in [1.165, 1.54) is 0 Å². The number of benzene rings is 2. The van der Waals surface area contributed by atoms with Crippen LogP contribution in [0.1, 0.15) is 62.4 Å². The molecular formula is C32H38FN3O7S. The molecule has 0 aliphatic heterocycles. The first-order chi connectivity index (χ1) is 20.8. The summed E-state index contributed by atoms with van der Waals surface area (Å²) >= 11 is 0. The highest BCUT2D eigenvalue weighted by atomic mass is 32.2. The van der Waals surface area contributed by atoms with Crippen LogP contribution in [0.3, 0.4) is 0 Å². The van der Waals surface area contributed by atoms with E-state index in [-0.39, 0.29) is 36.6 Å². The number of nitrogens with one attached hydrogen (secondary N) is 2. The maximum atomic E-state index is 14.3. The van der Waals surface area contributed by atoms with Crippen LogP contribution in [0.2, 0.25) is 0 Å². The summed E-state index contributed by atoms with van der Waals surface area (Å²) in [5.41, 5.74) is 1.61. The molecule has 0 unspecified atom stereocenters. The molecule has 1 saturated carbocycles. The third kappa shape index (κ3) is 10.0. The van der Waals surface area contributed by atoms with Gasteiger partial charge in [-0.1, -0.05) is 42.5 Å². The summed E-state index contributed by atoms with van der Waals surface area (Å²) in [6, 6.07) is 15.6. The molecule has 1 aromatic heterocycles. The lowest BCUT2D eigenvalue weighted by molar-refractivity contribution is 0.0487. The maximum Gasteiger partial charge on any atom is 0.407 e. The van der Waals surface area contributed by atoms with Crippen LogP contribution in [0, 0.1) is 5.82 Å². The largest absolute Gasteiger partial charge is 0.444 e. The Bertz CT molecular complexity index is 1570. The average Bonchev–Trinajstić information content (AvgIpc) is 2.94. The van der Waals surface area contributed by atoms with Crippen molar-refractivity contribution in [2.75, 3.05) is 12.9 Å². The summed E-state index contributed by atoms with van der Waals surface area (Å²) in [4.78, 5) is 29.6. The highest BCUT2D eigenvalue weighted by molar-refractivity contribution is 7.85. The van der Waals surface area contributed by atoms with Gasteiger partial charge in [0.25, 0.3) is 16.0 Å². The first kappa shape index (κ1) is 32.9. The summed E-state index contributed by atoms with van der Waals surface area (Å²) in [6.45, 7) is 5.35. The molecule has 1 heterocycles. The predicted octanol–water partition coefficient (Wildman–Crippen LogP) is 5.76. The first-order valence-corrected chi connectivity index (χ1v) is 16.2. The van der Waals surface area contributed by atoms with Gasteiger partial charge in [0, 0.05) is 17.6 Å². The van der Waals surface area contributed by atoms with Crippen LogP contribution in [-0.2, 0) is 25.5 Å². The smallest absolute Gasteiger partial charge is 0.407 e. The third-order valence-corrected chi connectivity index (χ3v) is 7.47. The fraction of sp³-hybridized carbons (Fsp3) is 0.406. The number of hydrogen-bond donors (Lipinski definition) is 2. The molecule has 0 bridgehead atoms. The molecule has 236 valence electrons. The fourth-order valence-corrected chi connectivity index (χ4v) is 5.25. The topological polar surface area (TPSA) is 133 Å². The Balaban J connectivity index is 1.49. The minimum atomic E-state index is -3.60. The number of alkyl carbamates (subject to hydrolysis) is 1. The molecule has 44 heavy (non-hydrogen) atoms. The van der Waals surface area contributed by atoms with Crippen molar-refractivity contribution < 1.29 is 36.1 Å². The van der Waals surface area contributed by atoms with Gasteiger partial charge in [0.1, 0.15) is 22.7 Å². The van der Waals surface area contributed by atoms with Crippen molar-refractivity contribution in [2.45, 2.75) is 70.6 Å². The molecule has 4 rings (SSSR count). The summed E-state index contributed by atoms with van der Waals surface area (Å²) in [5.74, 6) is -0.946. The minimum Gasteiger partial charge on any atom is -0.444 e. The fourth-order valence-electron chi connectivity index (χ4n) is 4.87. The molecule has 2 amide bonds. The van der Waals surface area contributed by atoms with E-state index >= 15 is 0 Å². The Hall–Kier alpha value is -4.03. The van der Waals surface area contributed by atoms with Gasteiger partial charge in [0.05, 0.1) is 19.1 Å². The van der Waals surface area contributed by atoms with Crippen LogP contribution in [0.4, 0.5) is 9.18 Å². The Labute approximate surface area is 257 Å². The molecule has 1 fully saturated rings. The normalized spacial score (nSPS) is 17.0. The number of aromatic nitrogens is 1. The second-order valence-electron chi connectivity index (χ2n) is 11.7. The molecule has 0 radical (unpaired) electrons. The standard InChI is InChI=1S/C32H38FN3O7S/c1-32(2,3)43-31(38)36-25-13-11-24(12-14-25)35-29(37)27-19-23(33)20-34-30(27)42-28-18-21(16-17-41-44(4,39)40)10-15-26(28)22-8-6-5-7-9-22/h5-10,15,18-20,24-25H,11-14,16-17H2,1-4H3,(H,35,37)(H,36,38). The molecule has 12 heteroatoms. The number of ether oxygens (including phenoxy) is 2. The number of carbonyl (C=O) groups is 2. The first-order valence-electron chi connectivity index (χ1n) is 14.4. The molecule has 10 nitrogen and oxygen atoms in total.